The third kappa shape index (κ3) is 4.92. The van der Waals surface area contributed by atoms with E-state index in [0.717, 1.165) is 11.1 Å². The van der Waals surface area contributed by atoms with Crippen molar-refractivity contribution in [1.82, 2.24) is 14.7 Å². The number of amides is 1. The largest absolute Gasteiger partial charge is 0.458 e. The minimum absolute atomic E-state index is 0.151. The van der Waals surface area contributed by atoms with Gasteiger partial charge in [0.2, 0.25) is 0 Å². The van der Waals surface area contributed by atoms with Crippen LogP contribution in [0.25, 0.3) is 5.65 Å². The van der Waals surface area contributed by atoms with Gasteiger partial charge in [-0.25, -0.2) is 9.78 Å². The highest BCUT2D eigenvalue weighted by molar-refractivity contribution is 5.96. The number of nitrogens with one attached hydrogen (secondary N) is 1. The number of pyridine rings is 1. The van der Waals surface area contributed by atoms with Crippen LogP contribution in [-0.4, -0.2) is 27.3 Å². The molecule has 0 spiro atoms. The number of hydrogen-bond acceptors (Lipinski definition) is 5. The second kappa shape index (κ2) is 8.90. The minimum Gasteiger partial charge on any atom is -0.458 e. The molecule has 0 aliphatic rings. The number of esters is 1. The molecule has 7 nitrogen and oxygen atoms in total. The van der Waals surface area contributed by atoms with Gasteiger partial charge >= 0.3 is 5.97 Å². The zero-order valence-corrected chi connectivity index (χ0v) is 17.5. The Morgan fingerprint density at radius 2 is 1.73 bits per heavy atom. The number of carbonyl (C=O) groups excluding carboxylic acids is 2. The maximum absolute atomic E-state index is 12.6. The average molecular weight is 407 g/mol. The summed E-state index contributed by atoms with van der Waals surface area (Å²) in [7, 11) is 0. The van der Waals surface area contributed by atoms with E-state index in [-0.39, 0.29) is 24.0 Å². The van der Waals surface area contributed by atoms with Crippen molar-refractivity contribution in [3.63, 3.8) is 0 Å². The molecule has 30 heavy (non-hydrogen) atoms. The summed E-state index contributed by atoms with van der Waals surface area (Å²) in [6, 6.07) is 11.2. The van der Waals surface area contributed by atoms with E-state index < -0.39 is 12.0 Å². The van der Waals surface area contributed by atoms with E-state index in [4.69, 9.17) is 4.74 Å². The van der Waals surface area contributed by atoms with Gasteiger partial charge in [-0.05, 0) is 43.5 Å². The van der Waals surface area contributed by atoms with Gasteiger partial charge in [-0.1, -0.05) is 37.6 Å². The first-order valence-electron chi connectivity index (χ1n) is 9.77. The molecule has 3 aromatic rings. The predicted molar refractivity (Wildman–Crippen MR) is 113 cm³/mol. The average Bonchev–Trinajstić information content (AvgIpc) is 2.71. The Kier molecular flexibility index (Phi) is 6.30. The summed E-state index contributed by atoms with van der Waals surface area (Å²) >= 11 is 0. The molecule has 0 saturated carbocycles. The van der Waals surface area contributed by atoms with E-state index in [1.807, 2.05) is 45.9 Å². The first kappa shape index (κ1) is 21.2. The molecular formula is C23H25N3O4. The SMILES string of the molecule is Cc1ccc(C(=O)N[C@H](C(=O)OCc2cc(=O)n3cc(C)ccc3n2)C(C)C)cc1. The summed E-state index contributed by atoms with van der Waals surface area (Å²) in [6.45, 7) is 7.32. The van der Waals surface area contributed by atoms with Gasteiger partial charge in [0.25, 0.3) is 11.5 Å². The first-order chi connectivity index (χ1) is 14.2. The number of benzene rings is 1. The molecule has 0 saturated heterocycles. The Balaban J connectivity index is 1.70. The van der Waals surface area contributed by atoms with Crippen LogP contribution in [0.15, 0.2) is 53.5 Å². The second-order valence-electron chi connectivity index (χ2n) is 7.69. The van der Waals surface area contributed by atoms with E-state index in [2.05, 4.69) is 10.3 Å². The molecule has 0 unspecified atom stereocenters. The maximum Gasteiger partial charge on any atom is 0.329 e. The van der Waals surface area contributed by atoms with Crippen molar-refractivity contribution in [3.05, 3.63) is 81.4 Å². The smallest absolute Gasteiger partial charge is 0.329 e. The molecule has 1 N–H and O–H groups in total. The number of aromatic nitrogens is 2. The van der Waals surface area contributed by atoms with Crippen molar-refractivity contribution in [2.45, 2.75) is 40.3 Å². The number of ether oxygens (including phenoxy) is 1. The quantitative estimate of drug-likeness (QED) is 0.635. The van der Waals surface area contributed by atoms with Crippen molar-refractivity contribution in [2.24, 2.45) is 5.92 Å². The summed E-state index contributed by atoms with van der Waals surface area (Å²) in [6.07, 6.45) is 1.70. The van der Waals surface area contributed by atoms with Crippen molar-refractivity contribution in [2.75, 3.05) is 0 Å². The van der Waals surface area contributed by atoms with Gasteiger partial charge in [-0.3, -0.25) is 14.0 Å². The van der Waals surface area contributed by atoms with Gasteiger partial charge in [0, 0.05) is 17.8 Å². The van der Waals surface area contributed by atoms with Crippen LogP contribution in [0.2, 0.25) is 0 Å². The van der Waals surface area contributed by atoms with Crippen LogP contribution < -0.4 is 10.9 Å². The normalized spacial score (nSPS) is 12.0. The fourth-order valence-electron chi connectivity index (χ4n) is 2.99. The predicted octanol–water partition coefficient (Wildman–Crippen LogP) is 2.81. The molecule has 0 fully saturated rings. The van der Waals surface area contributed by atoms with Gasteiger partial charge < -0.3 is 10.1 Å². The highest BCUT2D eigenvalue weighted by Gasteiger charge is 2.26. The summed E-state index contributed by atoms with van der Waals surface area (Å²) in [5.41, 5.74) is 3.04. The fourth-order valence-corrected chi connectivity index (χ4v) is 2.99. The second-order valence-corrected chi connectivity index (χ2v) is 7.69. The van der Waals surface area contributed by atoms with E-state index >= 15 is 0 Å². The van der Waals surface area contributed by atoms with Crippen LogP contribution in [0.5, 0.6) is 0 Å². The third-order valence-electron chi connectivity index (χ3n) is 4.74. The Labute approximate surface area is 174 Å². The van der Waals surface area contributed by atoms with Crippen molar-refractivity contribution >= 4 is 17.5 Å². The molecule has 0 bridgehead atoms. The van der Waals surface area contributed by atoms with Crippen molar-refractivity contribution < 1.29 is 14.3 Å². The van der Waals surface area contributed by atoms with Crippen LogP contribution >= 0.6 is 0 Å². The standard InChI is InChI=1S/C23H25N3O4/c1-14(2)21(25-22(28)17-8-5-15(3)6-9-17)23(29)30-13-18-11-20(27)26-12-16(4)7-10-19(26)24-18/h5-12,14,21H,13H2,1-4H3,(H,25,28)/t21-/m0/s1. The van der Waals surface area contributed by atoms with E-state index in [0.29, 0.717) is 16.9 Å². The number of hydrogen-bond donors (Lipinski definition) is 1. The first-order valence-corrected chi connectivity index (χ1v) is 9.77. The van der Waals surface area contributed by atoms with E-state index in [1.165, 1.54) is 10.5 Å². The molecule has 1 aromatic carbocycles. The van der Waals surface area contributed by atoms with Gasteiger partial charge in [0.15, 0.2) is 0 Å². The monoisotopic (exact) mass is 407 g/mol. The lowest BCUT2D eigenvalue weighted by Crippen LogP contribution is -2.45. The Hall–Kier alpha value is -3.48. The van der Waals surface area contributed by atoms with Crippen LogP contribution in [0.1, 0.15) is 41.0 Å². The summed E-state index contributed by atoms with van der Waals surface area (Å²) in [4.78, 5) is 41.8. The molecule has 7 heteroatoms. The van der Waals surface area contributed by atoms with Gasteiger partial charge in [0.1, 0.15) is 18.3 Å². The number of aryl methyl sites for hydroxylation is 2. The minimum atomic E-state index is -0.817. The molecule has 0 aliphatic carbocycles. The lowest BCUT2D eigenvalue weighted by molar-refractivity contribution is -0.148. The molecular weight excluding hydrogens is 382 g/mol. The molecule has 2 aromatic heterocycles. The highest BCUT2D eigenvalue weighted by Crippen LogP contribution is 2.10. The number of rotatable bonds is 6. The molecule has 1 atom stereocenters. The summed E-state index contributed by atoms with van der Waals surface area (Å²) < 4.78 is 6.81. The van der Waals surface area contributed by atoms with Crippen molar-refractivity contribution in [3.8, 4) is 0 Å². The number of nitrogens with zero attached hydrogens (tertiary/aromatic N) is 2. The number of carbonyl (C=O) groups is 2. The third-order valence-corrected chi connectivity index (χ3v) is 4.74. The lowest BCUT2D eigenvalue weighted by Gasteiger charge is -2.21. The van der Waals surface area contributed by atoms with Crippen LogP contribution in [0, 0.1) is 19.8 Å². The zero-order chi connectivity index (χ0) is 21.8. The zero-order valence-electron chi connectivity index (χ0n) is 17.5. The molecule has 156 valence electrons. The maximum atomic E-state index is 12.6. The van der Waals surface area contributed by atoms with E-state index in [1.54, 1.807) is 24.4 Å². The van der Waals surface area contributed by atoms with Gasteiger partial charge in [-0.15, -0.1) is 0 Å². The van der Waals surface area contributed by atoms with Crippen LogP contribution in [0.3, 0.4) is 0 Å². The highest BCUT2D eigenvalue weighted by atomic mass is 16.5. The molecule has 3 rings (SSSR count). The number of fused-ring (bicyclic) bond motifs is 1. The Morgan fingerprint density at radius 3 is 2.40 bits per heavy atom. The molecule has 0 aliphatic heterocycles. The Bertz CT molecular complexity index is 1130. The van der Waals surface area contributed by atoms with Gasteiger partial charge in [0.05, 0.1) is 5.69 Å². The van der Waals surface area contributed by atoms with Crippen LogP contribution in [0.4, 0.5) is 0 Å². The van der Waals surface area contributed by atoms with Crippen molar-refractivity contribution in [1.29, 1.82) is 0 Å². The summed E-state index contributed by atoms with van der Waals surface area (Å²) in [5.74, 6) is -1.09. The topological polar surface area (TPSA) is 89.8 Å². The molecule has 2 heterocycles. The van der Waals surface area contributed by atoms with Gasteiger partial charge in [-0.2, -0.15) is 0 Å². The fraction of sp³-hybridized carbons (Fsp3) is 0.304. The van der Waals surface area contributed by atoms with Crippen LogP contribution in [-0.2, 0) is 16.1 Å². The van der Waals surface area contributed by atoms with E-state index in [9.17, 15) is 14.4 Å². The molecule has 1 amide bonds. The molecule has 0 radical (unpaired) electrons. The Morgan fingerprint density at radius 1 is 1.07 bits per heavy atom. The summed E-state index contributed by atoms with van der Waals surface area (Å²) in [5, 5.41) is 2.74. The lowest BCUT2D eigenvalue weighted by atomic mass is 10.0.